The fourth-order valence-electron chi connectivity index (χ4n) is 4.78. The average Bonchev–Trinajstić information content (AvgIpc) is 3.51. The van der Waals surface area contributed by atoms with Gasteiger partial charge in [-0.25, -0.2) is 14.4 Å². The second-order valence-electron chi connectivity index (χ2n) is 9.73. The van der Waals surface area contributed by atoms with Crippen molar-refractivity contribution in [2.24, 2.45) is 5.73 Å². The van der Waals surface area contributed by atoms with Crippen molar-refractivity contribution < 1.29 is 37.0 Å². The molecule has 0 fully saturated rings. The quantitative estimate of drug-likeness (QED) is 0.222. The van der Waals surface area contributed by atoms with Crippen LogP contribution in [0.25, 0.3) is 21.5 Å². The summed E-state index contributed by atoms with van der Waals surface area (Å²) < 4.78 is 63.7. The van der Waals surface area contributed by atoms with Gasteiger partial charge in [-0.1, -0.05) is 29.9 Å². The molecule has 0 saturated carbocycles. The van der Waals surface area contributed by atoms with E-state index in [0.29, 0.717) is 10.2 Å². The maximum absolute atomic E-state index is 14.6. The van der Waals surface area contributed by atoms with Crippen LogP contribution in [-0.4, -0.2) is 46.2 Å². The minimum atomic E-state index is -5.36. The van der Waals surface area contributed by atoms with Crippen LogP contribution in [0.4, 0.5) is 22.7 Å². The topological polar surface area (TPSA) is 153 Å². The molecule has 0 aliphatic carbocycles. The monoisotopic (exact) mass is 623 g/mol. The first-order chi connectivity index (χ1) is 19.7. The number of benzene rings is 2. The molecule has 0 saturated heterocycles. The number of fused-ring (bicyclic) bond motifs is 2. The van der Waals surface area contributed by atoms with E-state index in [1.807, 2.05) is 0 Å². The van der Waals surface area contributed by atoms with Crippen molar-refractivity contribution in [2.75, 3.05) is 18.9 Å². The van der Waals surface area contributed by atoms with E-state index < -0.39 is 47.1 Å². The average molecular weight is 624 g/mol. The molecule has 2 aromatic heterocycles. The lowest BCUT2D eigenvalue weighted by molar-refractivity contribution is -0.265. The Morgan fingerprint density at radius 2 is 1.88 bits per heavy atom. The highest BCUT2D eigenvalue weighted by molar-refractivity contribution is 7.22. The van der Waals surface area contributed by atoms with Gasteiger partial charge in [0.1, 0.15) is 34.8 Å². The van der Waals surface area contributed by atoms with Crippen molar-refractivity contribution in [1.82, 2.24) is 15.3 Å². The van der Waals surface area contributed by atoms with E-state index in [9.17, 15) is 32.3 Å². The van der Waals surface area contributed by atoms with Crippen LogP contribution < -0.4 is 21.5 Å². The number of hydrogen-bond acceptors (Lipinski definition) is 8. The number of halogens is 5. The normalized spacial score (nSPS) is 17.9. The number of anilines is 1. The lowest BCUT2D eigenvalue weighted by Gasteiger charge is -2.32. The number of alkyl halides is 3. The van der Waals surface area contributed by atoms with E-state index in [0.717, 1.165) is 29.5 Å². The molecule has 1 aliphatic rings. The molecule has 220 valence electrons. The first-order valence-corrected chi connectivity index (χ1v) is 13.6. The predicted octanol–water partition coefficient (Wildman–Crippen LogP) is 4.44. The van der Waals surface area contributed by atoms with Gasteiger partial charge in [-0.15, -0.1) is 0 Å². The van der Waals surface area contributed by atoms with E-state index in [2.05, 4.69) is 15.3 Å². The highest BCUT2D eigenvalue weighted by Gasteiger charge is 2.58. The number of nitrogens with one attached hydrogen (secondary N) is 1. The molecule has 0 spiro atoms. The minimum Gasteiger partial charge on any atom is -0.489 e. The Balaban J connectivity index is 1.61. The van der Waals surface area contributed by atoms with Gasteiger partial charge in [0.2, 0.25) is 11.5 Å². The zero-order valence-corrected chi connectivity index (χ0v) is 23.3. The highest BCUT2D eigenvalue weighted by atomic mass is 35.5. The van der Waals surface area contributed by atoms with E-state index in [-0.39, 0.29) is 51.3 Å². The van der Waals surface area contributed by atoms with Gasteiger partial charge in [0.05, 0.1) is 22.0 Å². The molecule has 2 aromatic carbocycles. The summed E-state index contributed by atoms with van der Waals surface area (Å²) in [5.74, 6) is -2.46. The van der Waals surface area contributed by atoms with Crippen molar-refractivity contribution in [3.63, 3.8) is 0 Å². The Morgan fingerprint density at radius 1 is 1.19 bits per heavy atom. The Hall–Kier alpha value is -4.01. The van der Waals surface area contributed by atoms with Crippen LogP contribution in [0.3, 0.4) is 0 Å². The largest absolute Gasteiger partial charge is 0.489 e. The molecule has 1 aliphatic heterocycles. The molecule has 0 radical (unpaired) electrons. The number of thiazole rings is 1. The van der Waals surface area contributed by atoms with Crippen LogP contribution in [0.1, 0.15) is 35.0 Å². The fourth-order valence-corrected chi connectivity index (χ4v) is 5.90. The Bertz CT molecular complexity index is 1730. The van der Waals surface area contributed by atoms with Crippen molar-refractivity contribution in [1.29, 1.82) is 0 Å². The number of rotatable bonds is 7. The number of ether oxygens (including phenoxy) is 1. The molecule has 4 aromatic rings. The number of nitrogen functional groups attached to an aromatic ring is 1. The van der Waals surface area contributed by atoms with Gasteiger partial charge in [-0.2, -0.15) is 13.2 Å². The molecule has 2 atom stereocenters. The van der Waals surface area contributed by atoms with Crippen LogP contribution in [0, 0.1) is 5.82 Å². The molecule has 1 unspecified atom stereocenters. The van der Waals surface area contributed by atoms with Crippen molar-refractivity contribution >= 4 is 50.1 Å². The van der Waals surface area contributed by atoms with Gasteiger partial charge >= 0.3 is 6.18 Å². The summed E-state index contributed by atoms with van der Waals surface area (Å²) in [6.07, 6.45) is -5.30. The zero-order valence-electron chi connectivity index (χ0n) is 21.7. The van der Waals surface area contributed by atoms with Crippen molar-refractivity contribution in [2.45, 2.75) is 30.5 Å². The minimum absolute atomic E-state index is 0.0177. The number of hydrogen-bond donors (Lipinski definition) is 4. The fraction of sp³-hybridized carbons (Fsp3) is 0.259. The molecule has 6 N–H and O–H groups in total. The number of aliphatic hydroxyl groups is 1. The van der Waals surface area contributed by atoms with Gasteiger partial charge in [-0.3, -0.25) is 9.59 Å². The van der Waals surface area contributed by atoms with Crippen LogP contribution in [0.15, 0.2) is 42.5 Å². The first kappa shape index (κ1) is 29.5. The third-order valence-electron chi connectivity index (χ3n) is 7.27. The van der Waals surface area contributed by atoms with Gasteiger partial charge < -0.3 is 26.6 Å². The summed E-state index contributed by atoms with van der Waals surface area (Å²) in [6, 6.07) is 8.15. The molecule has 42 heavy (non-hydrogen) atoms. The number of carbonyl (C=O) groups excluding carboxylic acids is 2. The number of primary amides is 1. The van der Waals surface area contributed by atoms with Crippen LogP contribution in [0.2, 0.25) is 5.02 Å². The van der Waals surface area contributed by atoms with Crippen molar-refractivity contribution in [3.05, 3.63) is 70.1 Å². The van der Waals surface area contributed by atoms with Gasteiger partial charge in [0, 0.05) is 16.7 Å². The second kappa shape index (κ2) is 10.4. The van der Waals surface area contributed by atoms with Gasteiger partial charge in [0.15, 0.2) is 5.13 Å². The molecular formula is C27H22ClF4N5O4S. The third kappa shape index (κ3) is 4.78. The second-order valence-corrected chi connectivity index (χ2v) is 11.2. The van der Waals surface area contributed by atoms with Crippen LogP contribution in [0.5, 0.6) is 5.75 Å². The molecule has 9 nitrogen and oxygen atoms in total. The van der Waals surface area contributed by atoms with Gasteiger partial charge in [0.25, 0.3) is 5.91 Å². The number of pyridine rings is 1. The van der Waals surface area contributed by atoms with E-state index >= 15 is 0 Å². The lowest BCUT2D eigenvalue weighted by atomic mass is 9.78. The van der Waals surface area contributed by atoms with Crippen molar-refractivity contribution in [3.8, 4) is 17.0 Å². The number of aromatic nitrogens is 2. The smallest absolute Gasteiger partial charge is 0.424 e. The van der Waals surface area contributed by atoms with Crippen LogP contribution >= 0.6 is 22.9 Å². The summed E-state index contributed by atoms with van der Waals surface area (Å²) in [5, 5.41) is 13.5. The van der Waals surface area contributed by atoms with E-state index in [1.54, 1.807) is 6.92 Å². The summed E-state index contributed by atoms with van der Waals surface area (Å²) >= 11 is 7.21. The van der Waals surface area contributed by atoms with E-state index in [4.69, 9.17) is 27.8 Å². The highest BCUT2D eigenvalue weighted by Crippen LogP contribution is 2.49. The number of nitrogens with zero attached hydrogens (tertiary/aromatic N) is 2. The standard InChI is InChI=1S/C27H22ClF4N5O4S/c1-2-25(23(33)39)11-41-21-15(25)9-18(36-19(21)12-3-5-14(29)6-4-12)26(40,27(30,31)32)10-35-22(38)13-7-16(28)20-17(8-13)42-24(34)37-20/h3-9,40H,2,10-11H2,1H3,(H2,33,39)(H2,34,37)(H,35,38)/t25-,26?/m0/s1. The SMILES string of the molecule is CC[C@]1(C(N)=O)COc2c1cc(C(O)(CNC(=O)c1cc(Cl)c3nc(N)sc3c1)C(F)(F)F)nc2-c1ccc(F)cc1. The lowest BCUT2D eigenvalue weighted by Crippen LogP contribution is -2.52. The summed E-state index contributed by atoms with van der Waals surface area (Å²) in [7, 11) is 0. The maximum Gasteiger partial charge on any atom is 0.424 e. The number of carbonyl (C=O) groups is 2. The Morgan fingerprint density at radius 3 is 2.50 bits per heavy atom. The Kier molecular flexibility index (Phi) is 7.28. The van der Waals surface area contributed by atoms with Crippen LogP contribution in [-0.2, 0) is 15.8 Å². The number of amides is 2. The molecule has 2 amide bonds. The molecule has 5 rings (SSSR count). The summed E-state index contributed by atoms with van der Waals surface area (Å²) in [5.41, 5.74) is 5.37. The molecule has 3 heterocycles. The third-order valence-corrected chi connectivity index (χ3v) is 8.39. The summed E-state index contributed by atoms with van der Waals surface area (Å²) in [4.78, 5) is 33.7. The molecule has 15 heteroatoms. The van der Waals surface area contributed by atoms with Gasteiger partial charge in [-0.05, 0) is 48.9 Å². The predicted molar refractivity (Wildman–Crippen MR) is 148 cm³/mol. The zero-order chi connectivity index (χ0) is 30.6. The Labute approximate surface area is 244 Å². The summed E-state index contributed by atoms with van der Waals surface area (Å²) in [6.45, 7) is -0.0310. The molecule has 0 bridgehead atoms. The maximum atomic E-state index is 14.6. The first-order valence-electron chi connectivity index (χ1n) is 12.4. The molecular weight excluding hydrogens is 602 g/mol. The number of nitrogens with two attached hydrogens (primary N) is 2. The van der Waals surface area contributed by atoms with E-state index in [1.165, 1.54) is 24.3 Å².